The summed E-state index contributed by atoms with van der Waals surface area (Å²) in [6.45, 7) is 8.34. The van der Waals surface area contributed by atoms with Gasteiger partial charge in [0.05, 0.1) is 11.3 Å². The highest BCUT2D eigenvalue weighted by Crippen LogP contribution is 2.32. The predicted octanol–water partition coefficient (Wildman–Crippen LogP) is 3.57. The van der Waals surface area contributed by atoms with Crippen LogP contribution in [0.15, 0.2) is 35.9 Å². The number of aromatic carboxylic acids is 1. The van der Waals surface area contributed by atoms with E-state index in [0.717, 1.165) is 25.2 Å². The maximum Gasteiger partial charge on any atom is 0.337 e. The van der Waals surface area contributed by atoms with Crippen LogP contribution in [0.1, 0.15) is 37.6 Å². The zero-order chi connectivity index (χ0) is 14.0. The van der Waals surface area contributed by atoms with Gasteiger partial charge in [0, 0.05) is 13.1 Å². The van der Waals surface area contributed by atoms with Gasteiger partial charge in [-0.15, -0.1) is 0 Å². The van der Waals surface area contributed by atoms with Crippen LogP contribution in [0.4, 0.5) is 5.69 Å². The first-order chi connectivity index (χ1) is 8.89. The molecule has 0 unspecified atom stereocenters. The Hall–Kier alpha value is -1.77. The number of carboxylic acid groups (broad SMARTS) is 1. The quantitative estimate of drug-likeness (QED) is 0.825. The van der Waals surface area contributed by atoms with Crippen molar-refractivity contribution in [3.8, 4) is 0 Å². The molecule has 1 heterocycles. The van der Waals surface area contributed by atoms with Gasteiger partial charge >= 0.3 is 5.97 Å². The van der Waals surface area contributed by atoms with Crippen molar-refractivity contribution >= 4 is 11.7 Å². The van der Waals surface area contributed by atoms with Crippen molar-refractivity contribution in [2.45, 2.75) is 27.2 Å². The summed E-state index contributed by atoms with van der Waals surface area (Å²) < 4.78 is 0. The molecule has 0 saturated heterocycles. The molecule has 19 heavy (non-hydrogen) atoms. The molecule has 1 aromatic carbocycles. The van der Waals surface area contributed by atoms with Gasteiger partial charge in [0.15, 0.2) is 0 Å². The third-order valence-electron chi connectivity index (χ3n) is 3.65. The summed E-state index contributed by atoms with van der Waals surface area (Å²) in [5.74, 6) is -0.860. The lowest BCUT2D eigenvalue weighted by atomic mass is 9.83. The van der Waals surface area contributed by atoms with Crippen molar-refractivity contribution in [2.24, 2.45) is 5.41 Å². The van der Waals surface area contributed by atoms with Crippen LogP contribution in [0.3, 0.4) is 0 Å². The molecule has 0 fully saturated rings. The van der Waals surface area contributed by atoms with Crippen molar-refractivity contribution in [1.82, 2.24) is 0 Å². The highest BCUT2D eigenvalue weighted by molar-refractivity contribution is 5.94. The molecule has 1 aliphatic rings. The van der Waals surface area contributed by atoms with Crippen LogP contribution in [0.2, 0.25) is 0 Å². The second-order valence-electron chi connectivity index (χ2n) is 6.00. The number of benzene rings is 1. The molecule has 102 valence electrons. The number of hydrogen-bond acceptors (Lipinski definition) is 2. The third kappa shape index (κ3) is 2.98. The van der Waals surface area contributed by atoms with E-state index in [-0.39, 0.29) is 5.41 Å². The minimum atomic E-state index is -0.860. The van der Waals surface area contributed by atoms with E-state index in [1.807, 2.05) is 12.1 Å². The van der Waals surface area contributed by atoms with Crippen molar-refractivity contribution in [2.75, 3.05) is 18.0 Å². The van der Waals surface area contributed by atoms with Gasteiger partial charge in [0.1, 0.15) is 0 Å². The second-order valence-corrected chi connectivity index (χ2v) is 6.00. The van der Waals surface area contributed by atoms with E-state index in [2.05, 4.69) is 31.7 Å². The number of para-hydroxylation sites is 1. The Kier molecular flexibility index (Phi) is 3.65. The van der Waals surface area contributed by atoms with Crippen molar-refractivity contribution in [3.63, 3.8) is 0 Å². The lowest BCUT2D eigenvalue weighted by molar-refractivity contribution is 0.0697. The molecule has 0 amide bonds. The number of rotatable bonds is 2. The Balaban J connectivity index is 2.23. The van der Waals surface area contributed by atoms with Gasteiger partial charge in [-0.3, -0.25) is 0 Å². The van der Waals surface area contributed by atoms with E-state index < -0.39 is 5.97 Å². The van der Waals surface area contributed by atoms with E-state index in [1.165, 1.54) is 5.57 Å². The molecular formula is C16H21NO2. The van der Waals surface area contributed by atoms with Gasteiger partial charge in [0.2, 0.25) is 0 Å². The first-order valence-corrected chi connectivity index (χ1v) is 6.66. The summed E-state index contributed by atoms with van der Waals surface area (Å²) in [5, 5.41) is 9.24. The molecule has 3 nitrogen and oxygen atoms in total. The van der Waals surface area contributed by atoms with E-state index in [4.69, 9.17) is 0 Å². The molecule has 1 aromatic rings. The summed E-state index contributed by atoms with van der Waals surface area (Å²) in [7, 11) is 0. The fourth-order valence-corrected chi connectivity index (χ4v) is 2.50. The zero-order valence-electron chi connectivity index (χ0n) is 11.8. The summed E-state index contributed by atoms with van der Waals surface area (Å²) in [6.07, 6.45) is 3.24. The van der Waals surface area contributed by atoms with Crippen LogP contribution in [0, 0.1) is 5.41 Å². The number of anilines is 1. The minimum Gasteiger partial charge on any atom is -0.478 e. The Morgan fingerprint density at radius 2 is 1.95 bits per heavy atom. The van der Waals surface area contributed by atoms with Crippen LogP contribution < -0.4 is 4.90 Å². The van der Waals surface area contributed by atoms with Crippen molar-refractivity contribution in [3.05, 3.63) is 41.5 Å². The maximum absolute atomic E-state index is 11.2. The Morgan fingerprint density at radius 3 is 2.47 bits per heavy atom. The van der Waals surface area contributed by atoms with Gasteiger partial charge in [-0.2, -0.15) is 0 Å². The third-order valence-corrected chi connectivity index (χ3v) is 3.65. The summed E-state index contributed by atoms with van der Waals surface area (Å²) in [5.41, 5.74) is 2.86. The Labute approximate surface area is 114 Å². The number of carbonyl (C=O) groups is 1. The first-order valence-electron chi connectivity index (χ1n) is 6.66. The lowest BCUT2D eigenvalue weighted by Gasteiger charge is -2.34. The smallest absolute Gasteiger partial charge is 0.337 e. The van der Waals surface area contributed by atoms with Gasteiger partial charge in [-0.05, 0) is 24.0 Å². The average Bonchev–Trinajstić information content (AvgIpc) is 2.38. The van der Waals surface area contributed by atoms with Gasteiger partial charge < -0.3 is 10.0 Å². The fraction of sp³-hybridized carbons (Fsp3) is 0.438. The summed E-state index contributed by atoms with van der Waals surface area (Å²) in [4.78, 5) is 13.4. The van der Waals surface area contributed by atoms with Crippen LogP contribution >= 0.6 is 0 Å². The van der Waals surface area contributed by atoms with Crippen LogP contribution in [0.5, 0.6) is 0 Å². The molecule has 0 radical (unpaired) electrons. The molecule has 0 spiro atoms. The lowest BCUT2D eigenvalue weighted by Crippen LogP contribution is -2.32. The fourth-order valence-electron chi connectivity index (χ4n) is 2.50. The minimum absolute atomic E-state index is 0.207. The summed E-state index contributed by atoms with van der Waals surface area (Å²) >= 11 is 0. The maximum atomic E-state index is 11.2. The molecule has 1 N–H and O–H groups in total. The van der Waals surface area contributed by atoms with Gasteiger partial charge in [0.25, 0.3) is 0 Å². The Morgan fingerprint density at radius 1 is 1.26 bits per heavy atom. The first kappa shape index (κ1) is 13.7. The molecule has 0 bridgehead atoms. The average molecular weight is 259 g/mol. The molecule has 1 aliphatic heterocycles. The van der Waals surface area contributed by atoms with Crippen molar-refractivity contribution < 1.29 is 9.90 Å². The van der Waals surface area contributed by atoms with E-state index in [0.29, 0.717) is 5.56 Å². The highest BCUT2D eigenvalue weighted by Gasteiger charge is 2.23. The van der Waals surface area contributed by atoms with E-state index in [1.54, 1.807) is 12.1 Å². The zero-order valence-corrected chi connectivity index (χ0v) is 11.8. The summed E-state index contributed by atoms with van der Waals surface area (Å²) in [6, 6.07) is 7.22. The molecule has 0 saturated carbocycles. The Bertz CT molecular complexity index is 512. The molecule has 0 aliphatic carbocycles. The number of carboxylic acids is 1. The standard InChI is InChI=1S/C16H21NO2/c1-16(2,3)12-8-10-17(11-9-12)14-7-5-4-6-13(14)15(18)19/h4-8H,9-11H2,1-3H3,(H,18,19). The molecule has 3 heteroatoms. The van der Waals surface area contributed by atoms with Crippen LogP contribution in [-0.2, 0) is 0 Å². The second kappa shape index (κ2) is 5.08. The van der Waals surface area contributed by atoms with Gasteiger partial charge in [-0.25, -0.2) is 4.79 Å². The molecule has 2 rings (SSSR count). The van der Waals surface area contributed by atoms with Crippen LogP contribution in [-0.4, -0.2) is 24.2 Å². The molecule has 0 aromatic heterocycles. The predicted molar refractivity (Wildman–Crippen MR) is 77.8 cm³/mol. The topological polar surface area (TPSA) is 40.5 Å². The van der Waals surface area contributed by atoms with E-state index in [9.17, 15) is 9.90 Å². The molecule has 0 atom stereocenters. The van der Waals surface area contributed by atoms with Crippen molar-refractivity contribution in [1.29, 1.82) is 0 Å². The van der Waals surface area contributed by atoms with Gasteiger partial charge in [-0.1, -0.05) is 44.6 Å². The highest BCUT2D eigenvalue weighted by atomic mass is 16.4. The monoisotopic (exact) mass is 259 g/mol. The SMILES string of the molecule is CC(C)(C)C1=CCN(c2ccccc2C(=O)O)CC1. The number of hydrogen-bond donors (Lipinski definition) is 1. The normalized spacial score (nSPS) is 16.2. The largest absolute Gasteiger partial charge is 0.478 e. The number of nitrogens with zero attached hydrogens (tertiary/aromatic N) is 1. The molecular weight excluding hydrogens is 238 g/mol. The van der Waals surface area contributed by atoms with Crippen LogP contribution in [0.25, 0.3) is 0 Å². The van der Waals surface area contributed by atoms with E-state index >= 15 is 0 Å².